The van der Waals surface area contributed by atoms with Crippen molar-refractivity contribution in [2.75, 3.05) is 18.8 Å². The first-order valence-electron chi connectivity index (χ1n) is 15.6. The van der Waals surface area contributed by atoms with Crippen LogP contribution in [0.1, 0.15) is 66.8 Å². The Hall–Kier alpha value is -3.75. The number of nitrogens with zero attached hydrogens (tertiary/aromatic N) is 4. The van der Waals surface area contributed by atoms with E-state index in [-0.39, 0.29) is 40.1 Å². The van der Waals surface area contributed by atoms with Crippen molar-refractivity contribution in [1.29, 1.82) is 0 Å². The van der Waals surface area contributed by atoms with Crippen LogP contribution >= 0.6 is 11.6 Å². The highest BCUT2D eigenvalue weighted by atomic mass is 35.5. The minimum Gasteiger partial charge on any atom is -0.444 e. The van der Waals surface area contributed by atoms with E-state index in [0.29, 0.717) is 55.2 Å². The maximum Gasteiger partial charge on any atom is 0.471 e. The number of sulfone groups is 1. The molecule has 0 amide bonds. The summed E-state index contributed by atoms with van der Waals surface area (Å²) in [6, 6.07) is 11.7. The van der Waals surface area contributed by atoms with Crippen molar-refractivity contribution in [3.05, 3.63) is 87.8 Å². The van der Waals surface area contributed by atoms with Gasteiger partial charge in [-0.3, -0.25) is 9.88 Å². The molecule has 0 aliphatic carbocycles. The van der Waals surface area contributed by atoms with Crippen LogP contribution in [0.2, 0.25) is 5.02 Å². The molecule has 2 atom stereocenters. The lowest BCUT2D eigenvalue weighted by atomic mass is 9.88. The van der Waals surface area contributed by atoms with Crippen LogP contribution in [-0.4, -0.2) is 52.5 Å². The first kappa shape index (κ1) is 32.8. The Morgan fingerprint density at radius 2 is 1.88 bits per heavy atom. The lowest BCUT2D eigenvalue weighted by Gasteiger charge is -2.33. The number of hydrogen-bond acceptors (Lipinski definition) is 9. The number of ether oxygens (including phenoxy) is 2. The average molecular weight is 707 g/mol. The second-order valence-electron chi connectivity index (χ2n) is 12.6. The Morgan fingerprint density at radius 3 is 2.56 bits per heavy atom. The maximum atomic E-state index is 14.8. The molecule has 2 saturated heterocycles. The molecule has 2 aromatic heterocycles. The molecule has 2 fully saturated rings. The standard InChI is InChI=1S/C33H31ClF4N4O5S/c1-32(25-8-7-22(34)16-26(25)35)45-28-6-2-5-24(29(28)46-32)19-9-11-42(12-10-19)18-27-20(15-23-4-3-13-48(23,43)44)14-21(17-39-27)30-40-31(47-41-30)33(36,37)38/h2,5-8,14,16-17,19,23H,3-4,9-13,15,18H2,1H3. The summed E-state index contributed by atoms with van der Waals surface area (Å²) in [6.07, 6.45) is -0.578. The summed E-state index contributed by atoms with van der Waals surface area (Å²) in [5.74, 6) is -2.25. The molecule has 0 spiro atoms. The maximum absolute atomic E-state index is 14.8. The van der Waals surface area contributed by atoms with Gasteiger partial charge in [0.15, 0.2) is 21.3 Å². The van der Waals surface area contributed by atoms with Crippen LogP contribution in [0.5, 0.6) is 11.5 Å². The molecule has 254 valence electrons. The van der Waals surface area contributed by atoms with E-state index < -0.39 is 38.8 Å². The van der Waals surface area contributed by atoms with E-state index in [2.05, 4.69) is 24.5 Å². The molecule has 2 aromatic carbocycles. The molecule has 48 heavy (non-hydrogen) atoms. The monoisotopic (exact) mass is 706 g/mol. The fourth-order valence-electron chi connectivity index (χ4n) is 6.82. The van der Waals surface area contributed by atoms with Crippen LogP contribution in [0, 0.1) is 5.82 Å². The zero-order valence-corrected chi connectivity index (χ0v) is 27.3. The Balaban J connectivity index is 1.08. The van der Waals surface area contributed by atoms with Crippen LogP contribution in [0.3, 0.4) is 0 Å². The number of rotatable bonds is 7. The van der Waals surface area contributed by atoms with Gasteiger partial charge < -0.3 is 14.0 Å². The third-order valence-corrected chi connectivity index (χ3v) is 11.8. The van der Waals surface area contributed by atoms with Crippen molar-refractivity contribution >= 4 is 21.4 Å². The number of pyridine rings is 1. The molecule has 0 saturated carbocycles. The zero-order valence-electron chi connectivity index (χ0n) is 25.8. The van der Waals surface area contributed by atoms with Gasteiger partial charge >= 0.3 is 12.1 Å². The van der Waals surface area contributed by atoms with Crippen LogP contribution < -0.4 is 9.47 Å². The van der Waals surface area contributed by atoms with Crippen molar-refractivity contribution in [1.82, 2.24) is 20.0 Å². The first-order valence-corrected chi connectivity index (χ1v) is 17.7. The van der Waals surface area contributed by atoms with Crippen LogP contribution in [0.4, 0.5) is 17.6 Å². The predicted octanol–water partition coefficient (Wildman–Crippen LogP) is 7.09. The number of hydrogen-bond donors (Lipinski definition) is 0. The van der Waals surface area contributed by atoms with E-state index in [1.54, 1.807) is 31.2 Å². The third kappa shape index (κ3) is 6.37. The van der Waals surface area contributed by atoms with Crippen molar-refractivity contribution in [3.8, 4) is 22.9 Å². The lowest BCUT2D eigenvalue weighted by Crippen LogP contribution is -2.34. The van der Waals surface area contributed by atoms with E-state index >= 15 is 0 Å². The molecule has 2 unspecified atom stereocenters. The second-order valence-corrected chi connectivity index (χ2v) is 15.4. The smallest absolute Gasteiger partial charge is 0.444 e. The third-order valence-electron chi connectivity index (χ3n) is 9.33. The van der Waals surface area contributed by atoms with Crippen LogP contribution in [-0.2, 0) is 34.8 Å². The molecule has 4 aromatic rings. The van der Waals surface area contributed by atoms with Crippen molar-refractivity contribution in [2.45, 2.75) is 68.7 Å². The SMILES string of the molecule is CC1(c2ccc(Cl)cc2F)Oc2cccc(C3CCN(Cc4ncc(-c5noc(C(F)(F)F)n5)cc4CC4CCCS4(=O)=O)CC3)c2O1. The molecule has 3 aliphatic heterocycles. The molecule has 0 bridgehead atoms. The number of benzene rings is 2. The summed E-state index contributed by atoms with van der Waals surface area (Å²) >= 11 is 5.96. The molecule has 9 nitrogen and oxygen atoms in total. The molecule has 15 heteroatoms. The lowest BCUT2D eigenvalue weighted by molar-refractivity contribution is -0.159. The highest BCUT2D eigenvalue weighted by Gasteiger charge is 2.43. The average Bonchev–Trinajstić information content (AvgIpc) is 3.75. The minimum absolute atomic E-state index is 0.110. The number of piperidine rings is 1. The van der Waals surface area contributed by atoms with Crippen LogP contribution in [0.15, 0.2) is 53.2 Å². The molecular weight excluding hydrogens is 676 g/mol. The van der Waals surface area contributed by atoms with Gasteiger partial charge in [-0.25, -0.2) is 12.8 Å². The normalized spacial score (nSPS) is 22.8. The number of aromatic nitrogens is 3. The fraction of sp³-hybridized carbons (Fsp3) is 0.424. The Morgan fingerprint density at radius 1 is 1.08 bits per heavy atom. The van der Waals surface area contributed by atoms with E-state index in [4.69, 9.17) is 21.1 Å². The number of likely N-dealkylation sites (tertiary alicyclic amines) is 1. The predicted molar refractivity (Wildman–Crippen MR) is 167 cm³/mol. The number of para-hydroxylation sites is 1. The quantitative estimate of drug-likeness (QED) is 0.186. The topological polar surface area (TPSA) is 108 Å². The largest absolute Gasteiger partial charge is 0.471 e. The molecule has 0 radical (unpaired) electrons. The Bertz CT molecular complexity index is 1970. The van der Waals surface area contributed by atoms with E-state index in [9.17, 15) is 26.0 Å². The molecule has 5 heterocycles. The molecule has 7 rings (SSSR count). The van der Waals surface area contributed by atoms with Gasteiger partial charge in [0.25, 0.3) is 5.79 Å². The molecule has 3 aliphatic rings. The summed E-state index contributed by atoms with van der Waals surface area (Å²) in [6.45, 7) is 3.49. The molecular formula is C33H31ClF4N4O5S. The van der Waals surface area contributed by atoms with Crippen LogP contribution in [0.25, 0.3) is 11.4 Å². The van der Waals surface area contributed by atoms with Gasteiger partial charge in [0.2, 0.25) is 5.82 Å². The highest BCUT2D eigenvalue weighted by Crippen LogP contribution is 2.50. The summed E-state index contributed by atoms with van der Waals surface area (Å²) in [7, 11) is -3.29. The van der Waals surface area contributed by atoms with Gasteiger partial charge in [-0.15, -0.1) is 0 Å². The van der Waals surface area contributed by atoms with Gasteiger partial charge in [0.05, 0.1) is 22.3 Å². The number of fused-ring (bicyclic) bond motifs is 1. The van der Waals surface area contributed by atoms with E-state index in [1.807, 2.05) is 12.1 Å². The number of halogens is 5. The van der Waals surface area contributed by atoms with Crippen molar-refractivity contribution in [3.63, 3.8) is 0 Å². The minimum atomic E-state index is -4.79. The first-order chi connectivity index (χ1) is 22.8. The highest BCUT2D eigenvalue weighted by molar-refractivity contribution is 7.92. The second kappa shape index (κ2) is 12.3. The van der Waals surface area contributed by atoms with Crippen molar-refractivity contribution in [2.24, 2.45) is 0 Å². The Kier molecular flexibility index (Phi) is 8.39. The van der Waals surface area contributed by atoms with Gasteiger partial charge in [0, 0.05) is 35.8 Å². The summed E-state index contributed by atoms with van der Waals surface area (Å²) in [5, 5.41) is 3.16. The van der Waals surface area contributed by atoms with Gasteiger partial charge in [-0.2, -0.15) is 18.2 Å². The fourth-order valence-corrected chi connectivity index (χ4v) is 8.84. The van der Waals surface area contributed by atoms with Gasteiger partial charge in [-0.05, 0) is 87.0 Å². The summed E-state index contributed by atoms with van der Waals surface area (Å²) in [4.78, 5) is 10.3. The molecule has 0 N–H and O–H groups in total. The summed E-state index contributed by atoms with van der Waals surface area (Å²) < 4.78 is 96.4. The summed E-state index contributed by atoms with van der Waals surface area (Å²) in [5.41, 5.74) is 2.70. The zero-order chi connectivity index (χ0) is 33.8. The van der Waals surface area contributed by atoms with Gasteiger partial charge in [0.1, 0.15) is 5.82 Å². The van der Waals surface area contributed by atoms with E-state index in [0.717, 1.165) is 18.4 Å². The van der Waals surface area contributed by atoms with E-state index in [1.165, 1.54) is 12.3 Å². The Labute approximate surface area is 279 Å². The number of alkyl halides is 3. The van der Waals surface area contributed by atoms with Gasteiger partial charge in [-0.1, -0.05) is 28.9 Å². The van der Waals surface area contributed by atoms with Crippen molar-refractivity contribution < 1.29 is 40.0 Å².